The van der Waals surface area contributed by atoms with Crippen LogP contribution in [0.1, 0.15) is 0 Å². The van der Waals surface area contributed by atoms with E-state index >= 15 is 0 Å². The van der Waals surface area contributed by atoms with E-state index in [0.29, 0.717) is 11.6 Å². The molecule has 0 fully saturated rings. The quantitative estimate of drug-likeness (QED) is 0.717. The van der Waals surface area contributed by atoms with Crippen LogP contribution in [-0.4, -0.2) is 43.2 Å². The van der Waals surface area contributed by atoms with E-state index in [1.54, 1.807) is 23.1 Å². The van der Waals surface area contributed by atoms with Crippen molar-refractivity contribution in [1.29, 1.82) is 0 Å². The van der Waals surface area contributed by atoms with E-state index in [9.17, 15) is 9.00 Å². The topological polar surface area (TPSA) is 55.8 Å². The number of rotatable bonds is 7. The molecular weight excluding hydrogens is 290 g/mol. The summed E-state index contributed by atoms with van der Waals surface area (Å²) in [7, 11) is 1.33. The Labute approximate surface area is 120 Å². The van der Waals surface area contributed by atoms with Crippen molar-refractivity contribution >= 4 is 34.3 Å². The zero-order valence-electron chi connectivity index (χ0n) is 10.8. The molecule has 1 aromatic carbocycles. The van der Waals surface area contributed by atoms with Gasteiger partial charge in [0.1, 0.15) is 6.54 Å². The number of hydrogen-bond donors (Lipinski definition) is 0. The maximum atomic E-state index is 11.4. The second kappa shape index (κ2) is 8.14. The van der Waals surface area contributed by atoms with Crippen LogP contribution in [0.4, 0.5) is 5.69 Å². The fourth-order valence-corrected chi connectivity index (χ4v) is 1.95. The van der Waals surface area contributed by atoms with Gasteiger partial charge < -0.3 is 9.64 Å². The average molecular weight is 306 g/mol. The Morgan fingerprint density at radius 1 is 1.47 bits per heavy atom. The first-order valence-electron chi connectivity index (χ1n) is 5.57. The summed E-state index contributed by atoms with van der Waals surface area (Å²) in [6, 6.07) is 7.12. The lowest BCUT2D eigenvalue weighted by atomic mass is 10.3. The van der Waals surface area contributed by atoms with Crippen molar-refractivity contribution in [3.63, 3.8) is 0 Å². The Kier molecular flexibility index (Phi) is 6.83. The normalized spacial score (nSPS) is 11.9. The summed E-state index contributed by atoms with van der Waals surface area (Å²) in [4.78, 5) is 13.1. The molecule has 0 aliphatic heterocycles. The minimum atomic E-state index is -1.33. The number of carbonyl (C=O) groups excluding carboxylic acids is 1. The van der Waals surface area contributed by atoms with Crippen molar-refractivity contribution in [3.8, 4) is 0 Å². The molecule has 0 bridgehead atoms. The van der Waals surface area contributed by atoms with Gasteiger partial charge in [0.2, 0.25) is 0 Å². The van der Waals surface area contributed by atoms with Crippen LogP contribution in [0, 0.1) is 0 Å². The fraction of sp³-hybridized carbons (Fsp3) is 0.417. The Morgan fingerprint density at radius 3 is 2.79 bits per heavy atom. The van der Waals surface area contributed by atoms with Crippen LogP contribution in [-0.2, 0) is 24.8 Å². The number of benzene rings is 1. The number of anilines is 1. The van der Waals surface area contributed by atoms with Crippen molar-refractivity contribution in [2.45, 2.75) is 0 Å². The smallest absolute Gasteiger partial charge is 0.325 e. The van der Waals surface area contributed by atoms with Gasteiger partial charge in [0.15, 0.2) is 11.1 Å². The largest absolute Gasteiger partial charge is 0.468 e. The van der Waals surface area contributed by atoms with Gasteiger partial charge in [0.05, 0.1) is 13.7 Å². The maximum Gasteiger partial charge on any atom is 0.325 e. The van der Waals surface area contributed by atoms with E-state index in [1.807, 2.05) is 6.07 Å². The van der Waals surface area contributed by atoms with Gasteiger partial charge in [0.25, 0.3) is 0 Å². The zero-order chi connectivity index (χ0) is 14.3. The van der Waals surface area contributed by atoms with Gasteiger partial charge in [0, 0.05) is 23.5 Å². The molecule has 0 N–H and O–H groups in total. The zero-order valence-corrected chi connectivity index (χ0v) is 12.4. The first-order valence-corrected chi connectivity index (χ1v) is 7.43. The third-order valence-corrected chi connectivity index (χ3v) is 3.07. The van der Waals surface area contributed by atoms with E-state index in [4.69, 9.17) is 15.8 Å². The Morgan fingerprint density at radius 2 is 2.21 bits per heavy atom. The molecule has 1 unspecified atom stereocenters. The number of ether oxygens (including phenoxy) is 1. The molecule has 106 valence electrons. The van der Waals surface area contributed by atoms with E-state index < -0.39 is 11.1 Å². The number of nitrogens with zero attached hydrogens (tertiary/aromatic N) is 1. The Hall–Kier alpha value is -1.11. The van der Waals surface area contributed by atoms with Crippen LogP contribution in [0.2, 0.25) is 5.02 Å². The fourth-order valence-electron chi connectivity index (χ4n) is 1.46. The molecule has 1 rings (SSSR count). The molecule has 7 heteroatoms. The third-order valence-electron chi connectivity index (χ3n) is 2.33. The lowest BCUT2D eigenvalue weighted by molar-refractivity contribution is -0.138. The molecule has 5 nitrogen and oxygen atoms in total. The number of halogens is 1. The van der Waals surface area contributed by atoms with Crippen LogP contribution in [0.3, 0.4) is 0 Å². The van der Waals surface area contributed by atoms with E-state index in [2.05, 4.69) is 4.74 Å². The lowest BCUT2D eigenvalue weighted by Crippen LogP contribution is -2.33. The van der Waals surface area contributed by atoms with Crippen LogP contribution in [0.25, 0.3) is 0 Å². The summed E-state index contributed by atoms with van der Waals surface area (Å²) in [6.07, 6.45) is 1.45. The molecular formula is C12H16ClNO4S. The molecule has 1 aromatic rings. The second-order valence-corrected chi connectivity index (χ2v) is 5.18. The highest BCUT2D eigenvalue weighted by Crippen LogP contribution is 2.19. The van der Waals surface area contributed by atoms with Gasteiger partial charge in [-0.05, 0) is 18.2 Å². The van der Waals surface area contributed by atoms with E-state index in [1.165, 1.54) is 13.4 Å². The van der Waals surface area contributed by atoms with Crippen molar-refractivity contribution in [2.24, 2.45) is 0 Å². The van der Waals surface area contributed by atoms with E-state index in [0.717, 1.165) is 5.69 Å². The standard InChI is InChI=1S/C12H16ClNO4S/c1-17-12(15)9-14(6-7-18-19(2)16)11-5-3-4-10(13)8-11/h3-5,8H,6-7,9H2,1-2H3. The molecule has 0 saturated heterocycles. The summed E-state index contributed by atoms with van der Waals surface area (Å²) in [5, 5.41) is 0.576. The number of hydrogen-bond acceptors (Lipinski definition) is 5. The molecule has 0 aliphatic carbocycles. The minimum Gasteiger partial charge on any atom is -0.468 e. The molecule has 0 aliphatic rings. The van der Waals surface area contributed by atoms with Crippen LogP contribution in [0.5, 0.6) is 0 Å². The van der Waals surface area contributed by atoms with Gasteiger partial charge in [-0.3, -0.25) is 8.98 Å². The summed E-state index contributed by atoms with van der Waals surface area (Å²) in [6.45, 7) is 0.734. The molecule has 1 atom stereocenters. The molecule has 0 heterocycles. The summed E-state index contributed by atoms with van der Waals surface area (Å²) in [5.41, 5.74) is 0.781. The van der Waals surface area contributed by atoms with Gasteiger partial charge in [-0.1, -0.05) is 17.7 Å². The highest BCUT2D eigenvalue weighted by Gasteiger charge is 2.12. The highest BCUT2D eigenvalue weighted by molar-refractivity contribution is 7.79. The predicted octanol–water partition coefficient (Wildman–Crippen LogP) is 1.63. The van der Waals surface area contributed by atoms with Crippen LogP contribution >= 0.6 is 11.6 Å². The number of esters is 1. The average Bonchev–Trinajstić information content (AvgIpc) is 2.37. The molecule has 0 amide bonds. The molecule has 0 radical (unpaired) electrons. The Balaban J connectivity index is 2.73. The molecule has 0 saturated carbocycles. The Bertz CT molecular complexity index is 455. The minimum absolute atomic E-state index is 0.0799. The van der Waals surface area contributed by atoms with Crippen molar-refractivity contribution in [1.82, 2.24) is 0 Å². The molecule has 19 heavy (non-hydrogen) atoms. The predicted molar refractivity (Wildman–Crippen MR) is 75.7 cm³/mol. The third kappa shape index (κ3) is 6.04. The highest BCUT2D eigenvalue weighted by atomic mass is 35.5. The maximum absolute atomic E-state index is 11.4. The molecule has 0 aromatic heterocycles. The summed E-state index contributed by atoms with van der Waals surface area (Å²) < 4.78 is 20.5. The van der Waals surface area contributed by atoms with Crippen LogP contribution in [0.15, 0.2) is 24.3 Å². The van der Waals surface area contributed by atoms with E-state index in [-0.39, 0.29) is 19.1 Å². The van der Waals surface area contributed by atoms with Crippen LogP contribution < -0.4 is 4.90 Å². The van der Waals surface area contributed by atoms with Gasteiger partial charge in [-0.15, -0.1) is 0 Å². The first kappa shape index (κ1) is 15.9. The summed E-state index contributed by atoms with van der Waals surface area (Å²) >= 11 is 4.59. The molecule has 0 spiro atoms. The number of carbonyl (C=O) groups is 1. The van der Waals surface area contributed by atoms with Crippen molar-refractivity contribution in [2.75, 3.05) is 38.0 Å². The van der Waals surface area contributed by atoms with Gasteiger partial charge in [-0.2, -0.15) is 0 Å². The van der Waals surface area contributed by atoms with Gasteiger partial charge in [-0.25, -0.2) is 4.21 Å². The monoisotopic (exact) mass is 305 g/mol. The van der Waals surface area contributed by atoms with Crippen molar-refractivity contribution in [3.05, 3.63) is 29.3 Å². The van der Waals surface area contributed by atoms with Crippen molar-refractivity contribution < 1.29 is 17.9 Å². The number of methoxy groups -OCH3 is 1. The van der Waals surface area contributed by atoms with Gasteiger partial charge >= 0.3 is 5.97 Å². The SMILES string of the molecule is COC(=O)CN(CCOS(C)=O)c1cccc(Cl)c1. The lowest BCUT2D eigenvalue weighted by Gasteiger charge is -2.23. The first-order chi connectivity index (χ1) is 9.02. The second-order valence-electron chi connectivity index (χ2n) is 3.70. The summed E-state index contributed by atoms with van der Waals surface area (Å²) in [5.74, 6) is -0.363.